The third kappa shape index (κ3) is 12.1. The van der Waals surface area contributed by atoms with E-state index in [1.165, 1.54) is 69.1 Å². The maximum atomic E-state index is 12.7. The number of hydrogen-bond acceptors (Lipinski definition) is 5. The first-order valence-electron chi connectivity index (χ1n) is 15.4. The van der Waals surface area contributed by atoms with Crippen LogP contribution in [0.4, 0.5) is 0 Å². The van der Waals surface area contributed by atoms with Crippen LogP contribution in [0.5, 0.6) is 5.75 Å². The lowest BCUT2D eigenvalue weighted by atomic mass is 10.0. The lowest BCUT2D eigenvalue weighted by Gasteiger charge is -2.08. The van der Waals surface area contributed by atoms with Crippen LogP contribution in [-0.2, 0) is 4.74 Å². The molecule has 0 N–H and O–H groups in total. The molecule has 0 unspecified atom stereocenters. The first-order chi connectivity index (χ1) is 20.1. The summed E-state index contributed by atoms with van der Waals surface area (Å²) in [6.07, 6.45) is 14.8. The molecule has 0 aromatic heterocycles. The normalized spacial score (nSPS) is 10.9. The number of esters is 2. The lowest BCUT2D eigenvalue weighted by molar-refractivity contribution is 0.0497. The predicted molar refractivity (Wildman–Crippen MR) is 171 cm³/mol. The predicted octanol–water partition coefficient (Wildman–Crippen LogP) is 10.5. The number of carbonyl (C=O) groups excluding carboxylic acids is 2. The summed E-state index contributed by atoms with van der Waals surface area (Å²) in [7, 11) is 0. The molecule has 0 heterocycles. The van der Waals surface area contributed by atoms with Gasteiger partial charge in [0.15, 0.2) is 0 Å². The van der Waals surface area contributed by atoms with Crippen molar-refractivity contribution >= 4 is 23.7 Å². The summed E-state index contributed by atoms with van der Waals surface area (Å²) in [5, 5.41) is 0. The summed E-state index contributed by atoms with van der Waals surface area (Å²) in [6, 6.07) is 22.6. The maximum Gasteiger partial charge on any atom is 0.343 e. The van der Waals surface area contributed by atoms with Crippen LogP contribution >= 0.6 is 11.8 Å². The Morgan fingerprint density at radius 3 is 1.66 bits per heavy atom. The quantitative estimate of drug-likeness (QED) is 0.0617. The van der Waals surface area contributed by atoms with Crippen LogP contribution in [0.1, 0.15) is 112 Å². The molecule has 3 aromatic rings. The van der Waals surface area contributed by atoms with Crippen molar-refractivity contribution in [1.82, 2.24) is 0 Å². The number of thioether (sulfide) groups is 1. The number of carbonyl (C=O) groups is 2. The molecule has 220 valence electrons. The molecule has 4 nitrogen and oxygen atoms in total. The Morgan fingerprint density at radius 1 is 0.561 bits per heavy atom. The van der Waals surface area contributed by atoms with E-state index in [0.717, 1.165) is 29.7 Å². The van der Waals surface area contributed by atoms with Gasteiger partial charge in [0.2, 0.25) is 0 Å². The van der Waals surface area contributed by atoms with Crippen molar-refractivity contribution in [2.45, 2.75) is 95.8 Å². The standard InChI is InChI=1S/C36H46O4S/c1-3-5-7-9-11-13-27-39-35(37)31-19-23-33(24-20-31)40-36(38)32-17-15-29(16-18-32)30-21-25-34(26-22-30)41-28-14-12-10-8-6-4-2/h15-26H,3-14,27-28H2,1-2H3. The highest BCUT2D eigenvalue weighted by Crippen LogP contribution is 2.26. The van der Waals surface area contributed by atoms with Crippen LogP contribution in [0.2, 0.25) is 0 Å². The summed E-state index contributed by atoms with van der Waals surface area (Å²) in [5.41, 5.74) is 3.10. The molecule has 0 aliphatic heterocycles. The zero-order chi connectivity index (χ0) is 29.1. The van der Waals surface area contributed by atoms with Gasteiger partial charge in [0.1, 0.15) is 5.75 Å². The van der Waals surface area contributed by atoms with Crippen LogP contribution in [-0.4, -0.2) is 24.3 Å². The molecule has 0 aliphatic carbocycles. The van der Waals surface area contributed by atoms with Crippen LogP contribution in [0.3, 0.4) is 0 Å². The number of unbranched alkanes of at least 4 members (excludes halogenated alkanes) is 10. The highest BCUT2D eigenvalue weighted by Gasteiger charge is 2.11. The van der Waals surface area contributed by atoms with Crippen molar-refractivity contribution in [3.8, 4) is 16.9 Å². The van der Waals surface area contributed by atoms with E-state index >= 15 is 0 Å². The monoisotopic (exact) mass is 574 g/mol. The van der Waals surface area contributed by atoms with E-state index in [1.807, 2.05) is 23.9 Å². The highest BCUT2D eigenvalue weighted by atomic mass is 32.2. The third-order valence-electron chi connectivity index (χ3n) is 7.11. The van der Waals surface area contributed by atoms with Crippen LogP contribution in [0.25, 0.3) is 11.1 Å². The van der Waals surface area contributed by atoms with Crippen molar-refractivity contribution < 1.29 is 19.1 Å². The Kier molecular flexibility index (Phi) is 15.2. The van der Waals surface area contributed by atoms with Gasteiger partial charge in [0.05, 0.1) is 17.7 Å². The smallest absolute Gasteiger partial charge is 0.343 e. The second-order valence-electron chi connectivity index (χ2n) is 10.5. The maximum absolute atomic E-state index is 12.7. The van der Waals surface area contributed by atoms with Crippen molar-refractivity contribution in [3.63, 3.8) is 0 Å². The van der Waals surface area contributed by atoms with Gasteiger partial charge in [-0.1, -0.05) is 102 Å². The molecule has 0 atom stereocenters. The van der Waals surface area contributed by atoms with Gasteiger partial charge in [0, 0.05) is 4.90 Å². The van der Waals surface area contributed by atoms with E-state index in [4.69, 9.17) is 9.47 Å². The molecule has 3 aromatic carbocycles. The molecule has 0 aliphatic rings. The fourth-order valence-electron chi connectivity index (χ4n) is 4.57. The Balaban J connectivity index is 1.41. The second kappa shape index (κ2) is 19.1. The van der Waals surface area contributed by atoms with E-state index in [0.29, 0.717) is 23.5 Å². The van der Waals surface area contributed by atoms with E-state index in [9.17, 15) is 9.59 Å². The summed E-state index contributed by atoms with van der Waals surface area (Å²) >= 11 is 1.92. The summed E-state index contributed by atoms with van der Waals surface area (Å²) < 4.78 is 10.9. The van der Waals surface area contributed by atoms with Crippen molar-refractivity contribution in [1.29, 1.82) is 0 Å². The molecule has 5 heteroatoms. The van der Waals surface area contributed by atoms with Crippen LogP contribution < -0.4 is 4.74 Å². The van der Waals surface area contributed by atoms with Crippen molar-refractivity contribution in [2.75, 3.05) is 12.4 Å². The molecule has 0 radical (unpaired) electrons. The molecule has 0 saturated heterocycles. The minimum Gasteiger partial charge on any atom is -0.462 e. The van der Waals surface area contributed by atoms with Crippen LogP contribution in [0, 0.1) is 0 Å². The molecule has 0 bridgehead atoms. The van der Waals surface area contributed by atoms with Crippen LogP contribution in [0.15, 0.2) is 77.7 Å². The molecule has 41 heavy (non-hydrogen) atoms. The highest BCUT2D eigenvalue weighted by molar-refractivity contribution is 7.99. The zero-order valence-corrected chi connectivity index (χ0v) is 25.7. The Morgan fingerprint density at radius 2 is 1.05 bits per heavy atom. The van der Waals surface area contributed by atoms with E-state index in [2.05, 4.69) is 38.1 Å². The molecule has 3 rings (SSSR count). The minimum atomic E-state index is -0.434. The van der Waals surface area contributed by atoms with Gasteiger partial charge in [-0.15, -0.1) is 11.8 Å². The molecule has 0 amide bonds. The van der Waals surface area contributed by atoms with E-state index < -0.39 is 5.97 Å². The van der Waals surface area contributed by atoms with E-state index in [-0.39, 0.29) is 5.97 Å². The lowest BCUT2D eigenvalue weighted by Crippen LogP contribution is -2.09. The number of benzene rings is 3. The Bertz CT molecular complexity index is 1150. The molecule has 0 fully saturated rings. The van der Waals surface area contributed by atoms with Crippen molar-refractivity contribution in [3.05, 3.63) is 83.9 Å². The van der Waals surface area contributed by atoms with Gasteiger partial charge >= 0.3 is 11.9 Å². The SMILES string of the molecule is CCCCCCCCOC(=O)c1ccc(OC(=O)c2ccc(-c3ccc(SCCCCCCCC)cc3)cc2)cc1. The van der Waals surface area contributed by atoms with Crippen molar-refractivity contribution in [2.24, 2.45) is 0 Å². The Labute approximate surface area is 251 Å². The third-order valence-corrected chi connectivity index (χ3v) is 8.20. The molecule has 0 spiro atoms. The number of rotatable bonds is 19. The zero-order valence-electron chi connectivity index (χ0n) is 24.9. The second-order valence-corrected chi connectivity index (χ2v) is 11.7. The molecule has 0 saturated carbocycles. The minimum absolute atomic E-state index is 0.351. The fraction of sp³-hybridized carbons (Fsp3) is 0.444. The van der Waals surface area contributed by atoms with Gasteiger partial charge in [-0.2, -0.15) is 0 Å². The Hall–Kier alpha value is -3.05. The topological polar surface area (TPSA) is 52.6 Å². The first-order valence-corrected chi connectivity index (χ1v) is 16.4. The number of hydrogen-bond donors (Lipinski definition) is 0. The van der Waals surface area contributed by atoms with E-state index in [1.54, 1.807) is 36.4 Å². The van der Waals surface area contributed by atoms with Gasteiger partial charge in [-0.3, -0.25) is 0 Å². The first kappa shape index (κ1) is 32.5. The molecular weight excluding hydrogens is 528 g/mol. The largest absolute Gasteiger partial charge is 0.462 e. The van der Waals surface area contributed by atoms with Gasteiger partial charge in [-0.05, 0) is 78.3 Å². The van der Waals surface area contributed by atoms with Gasteiger partial charge in [-0.25, -0.2) is 9.59 Å². The summed E-state index contributed by atoms with van der Waals surface area (Å²) in [5.74, 6) is 0.766. The fourth-order valence-corrected chi connectivity index (χ4v) is 5.48. The van der Waals surface area contributed by atoms with Gasteiger partial charge in [0.25, 0.3) is 0 Å². The summed E-state index contributed by atoms with van der Waals surface area (Å²) in [6.45, 7) is 4.88. The molecular formula is C36H46O4S. The van der Waals surface area contributed by atoms with Gasteiger partial charge < -0.3 is 9.47 Å². The number of ether oxygens (including phenoxy) is 2. The summed E-state index contributed by atoms with van der Waals surface area (Å²) in [4.78, 5) is 26.2. The average molecular weight is 575 g/mol. The average Bonchev–Trinajstić information content (AvgIpc) is 3.01.